The number of hydrogen-bond acceptors (Lipinski definition) is 4. The summed E-state index contributed by atoms with van der Waals surface area (Å²) in [4.78, 5) is 11.8. The summed E-state index contributed by atoms with van der Waals surface area (Å²) in [7, 11) is -1.98. The summed E-state index contributed by atoms with van der Waals surface area (Å²) in [5.74, 6) is 0.399. The van der Waals surface area contributed by atoms with Crippen LogP contribution in [0, 0.1) is 0 Å². The van der Waals surface area contributed by atoms with Crippen molar-refractivity contribution >= 4 is 15.6 Å². The number of carbonyl (C=O) groups excluding carboxylic acids is 1. The third-order valence-electron chi connectivity index (χ3n) is 3.39. The maximum absolute atomic E-state index is 12.5. The molecular formula is C17H18O4S. The first-order chi connectivity index (χ1) is 10.5. The number of sulfone groups is 1. The minimum atomic E-state index is -3.49. The van der Waals surface area contributed by atoms with Crippen molar-refractivity contribution in [3.05, 3.63) is 59.7 Å². The number of benzene rings is 2. The van der Waals surface area contributed by atoms with E-state index in [4.69, 9.17) is 4.74 Å². The first-order valence-corrected chi connectivity index (χ1v) is 8.61. The van der Waals surface area contributed by atoms with Crippen LogP contribution in [0.4, 0.5) is 0 Å². The van der Waals surface area contributed by atoms with Crippen molar-refractivity contribution in [3.63, 3.8) is 0 Å². The third kappa shape index (κ3) is 3.54. The highest BCUT2D eigenvalue weighted by Gasteiger charge is 2.18. The molecule has 0 saturated carbocycles. The topological polar surface area (TPSA) is 60.4 Å². The van der Waals surface area contributed by atoms with Crippen molar-refractivity contribution in [1.29, 1.82) is 0 Å². The molecule has 0 spiro atoms. The minimum absolute atomic E-state index is 0.00586. The average Bonchev–Trinajstić information content (AvgIpc) is 2.54. The van der Waals surface area contributed by atoms with Gasteiger partial charge in [0.2, 0.25) is 0 Å². The van der Waals surface area contributed by atoms with Gasteiger partial charge in [0, 0.05) is 17.5 Å². The molecule has 0 heterocycles. The van der Waals surface area contributed by atoms with Crippen LogP contribution in [0.15, 0.2) is 53.4 Å². The molecule has 0 aliphatic rings. The van der Waals surface area contributed by atoms with Crippen molar-refractivity contribution in [2.75, 3.05) is 7.11 Å². The number of carbonyl (C=O) groups is 1. The number of Topliss-reactive ketones (excluding diaryl/α,β-unsaturated/α-hetero) is 1. The summed E-state index contributed by atoms with van der Waals surface area (Å²) in [5, 5.41) is 0. The molecule has 0 aliphatic carbocycles. The SMILES string of the molecule is CCC(=O)c1ccc(S(=O)(=O)Cc2ccccc2OC)cc1. The fourth-order valence-corrected chi connectivity index (χ4v) is 3.53. The second kappa shape index (κ2) is 6.75. The van der Waals surface area contributed by atoms with Crippen LogP contribution in [-0.2, 0) is 15.6 Å². The largest absolute Gasteiger partial charge is 0.496 e. The lowest BCUT2D eigenvalue weighted by atomic mass is 10.1. The first kappa shape index (κ1) is 16.2. The van der Waals surface area contributed by atoms with Crippen LogP contribution in [0.3, 0.4) is 0 Å². The summed E-state index contributed by atoms with van der Waals surface area (Å²) >= 11 is 0. The molecule has 22 heavy (non-hydrogen) atoms. The average molecular weight is 318 g/mol. The molecule has 2 aromatic carbocycles. The molecule has 0 atom stereocenters. The second-order valence-electron chi connectivity index (χ2n) is 4.87. The van der Waals surface area contributed by atoms with Crippen LogP contribution >= 0.6 is 0 Å². The Kier molecular flexibility index (Phi) is 4.98. The fourth-order valence-electron chi connectivity index (χ4n) is 2.16. The summed E-state index contributed by atoms with van der Waals surface area (Å²) in [6.07, 6.45) is 0.396. The predicted octanol–water partition coefficient (Wildman–Crippen LogP) is 3.26. The fraction of sp³-hybridized carbons (Fsp3) is 0.235. The molecule has 0 amide bonds. The van der Waals surface area contributed by atoms with Crippen LogP contribution in [0.2, 0.25) is 0 Å². The first-order valence-electron chi connectivity index (χ1n) is 6.96. The summed E-state index contributed by atoms with van der Waals surface area (Å²) in [6, 6.07) is 13.1. The van der Waals surface area contributed by atoms with Crippen molar-refractivity contribution in [3.8, 4) is 5.75 Å². The number of hydrogen-bond donors (Lipinski definition) is 0. The van der Waals surface area contributed by atoms with E-state index < -0.39 is 9.84 Å². The smallest absolute Gasteiger partial charge is 0.182 e. The van der Waals surface area contributed by atoms with E-state index >= 15 is 0 Å². The highest BCUT2D eigenvalue weighted by atomic mass is 32.2. The van der Waals surface area contributed by atoms with E-state index in [1.165, 1.54) is 19.2 Å². The second-order valence-corrected chi connectivity index (χ2v) is 6.86. The molecule has 0 aromatic heterocycles. The van der Waals surface area contributed by atoms with Crippen LogP contribution in [0.1, 0.15) is 29.3 Å². The lowest BCUT2D eigenvalue weighted by molar-refractivity contribution is 0.0988. The van der Waals surface area contributed by atoms with Gasteiger partial charge in [0.1, 0.15) is 5.75 Å². The molecule has 0 N–H and O–H groups in total. The normalized spacial score (nSPS) is 11.2. The van der Waals surface area contributed by atoms with Crippen LogP contribution in [0.25, 0.3) is 0 Å². The zero-order valence-electron chi connectivity index (χ0n) is 12.6. The summed E-state index contributed by atoms with van der Waals surface area (Å²) in [5.41, 5.74) is 1.14. The Bertz CT molecular complexity index is 762. The Morgan fingerprint density at radius 3 is 2.27 bits per heavy atom. The molecule has 0 bridgehead atoms. The molecule has 0 aliphatic heterocycles. The van der Waals surface area contributed by atoms with Gasteiger partial charge in [-0.3, -0.25) is 4.79 Å². The zero-order valence-corrected chi connectivity index (χ0v) is 13.4. The summed E-state index contributed by atoms with van der Waals surface area (Å²) < 4.78 is 30.1. The molecule has 4 nitrogen and oxygen atoms in total. The molecule has 5 heteroatoms. The maximum Gasteiger partial charge on any atom is 0.182 e. The predicted molar refractivity (Wildman–Crippen MR) is 84.9 cm³/mol. The van der Waals surface area contributed by atoms with E-state index in [1.807, 2.05) is 0 Å². The molecule has 116 valence electrons. The van der Waals surface area contributed by atoms with Crippen LogP contribution in [0.5, 0.6) is 5.75 Å². The van der Waals surface area contributed by atoms with Crippen molar-refractivity contribution in [1.82, 2.24) is 0 Å². The highest BCUT2D eigenvalue weighted by Crippen LogP contribution is 2.24. The Morgan fingerprint density at radius 2 is 1.68 bits per heavy atom. The maximum atomic E-state index is 12.5. The van der Waals surface area contributed by atoms with E-state index in [0.717, 1.165) is 0 Å². The lowest BCUT2D eigenvalue weighted by Gasteiger charge is -2.09. The van der Waals surface area contributed by atoms with Gasteiger partial charge >= 0.3 is 0 Å². The molecule has 0 radical (unpaired) electrons. The van der Waals surface area contributed by atoms with Crippen LogP contribution in [-0.4, -0.2) is 21.3 Å². The molecule has 0 unspecified atom stereocenters. The van der Waals surface area contributed by atoms with Gasteiger partial charge in [0.05, 0.1) is 17.8 Å². The van der Waals surface area contributed by atoms with E-state index in [0.29, 0.717) is 23.3 Å². The molecule has 0 fully saturated rings. The van der Waals surface area contributed by atoms with Gasteiger partial charge in [-0.1, -0.05) is 37.3 Å². The van der Waals surface area contributed by atoms with Gasteiger partial charge in [-0.2, -0.15) is 0 Å². The van der Waals surface area contributed by atoms with E-state index in [2.05, 4.69) is 0 Å². The van der Waals surface area contributed by atoms with Crippen molar-refractivity contribution in [2.24, 2.45) is 0 Å². The minimum Gasteiger partial charge on any atom is -0.496 e. The number of ketones is 1. The van der Waals surface area contributed by atoms with Gasteiger partial charge in [0.25, 0.3) is 0 Å². The van der Waals surface area contributed by atoms with Crippen LogP contribution < -0.4 is 4.74 Å². The quantitative estimate of drug-likeness (QED) is 0.767. The zero-order chi connectivity index (χ0) is 16.2. The molecule has 2 rings (SSSR count). The van der Waals surface area contributed by atoms with E-state index in [1.54, 1.807) is 43.3 Å². The third-order valence-corrected chi connectivity index (χ3v) is 5.08. The molecular weight excluding hydrogens is 300 g/mol. The molecule has 2 aromatic rings. The lowest BCUT2D eigenvalue weighted by Crippen LogP contribution is -2.07. The Morgan fingerprint density at radius 1 is 1.05 bits per heavy atom. The van der Waals surface area contributed by atoms with Gasteiger partial charge in [-0.25, -0.2) is 8.42 Å². The number of ether oxygens (including phenoxy) is 1. The van der Waals surface area contributed by atoms with Gasteiger partial charge in [-0.15, -0.1) is 0 Å². The molecule has 0 saturated heterocycles. The van der Waals surface area contributed by atoms with Gasteiger partial charge in [-0.05, 0) is 18.2 Å². The highest BCUT2D eigenvalue weighted by molar-refractivity contribution is 7.90. The Hall–Kier alpha value is -2.14. The standard InChI is InChI=1S/C17H18O4S/c1-3-16(18)13-8-10-15(11-9-13)22(19,20)12-14-6-4-5-7-17(14)21-2/h4-11H,3,12H2,1-2H3. The number of methoxy groups -OCH3 is 1. The number of para-hydroxylation sites is 1. The van der Waals surface area contributed by atoms with E-state index in [-0.39, 0.29) is 16.4 Å². The summed E-state index contributed by atoms with van der Waals surface area (Å²) in [6.45, 7) is 1.77. The van der Waals surface area contributed by atoms with Crippen molar-refractivity contribution < 1.29 is 17.9 Å². The number of rotatable bonds is 6. The van der Waals surface area contributed by atoms with Gasteiger partial charge < -0.3 is 4.74 Å². The van der Waals surface area contributed by atoms with Gasteiger partial charge in [0.15, 0.2) is 15.6 Å². The Labute approximate surface area is 130 Å². The Balaban J connectivity index is 2.29. The van der Waals surface area contributed by atoms with Crippen molar-refractivity contribution in [2.45, 2.75) is 24.0 Å². The van der Waals surface area contributed by atoms with E-state index in [9.17, 15) is 13.2 Å². The monoisotopic (exact) mass is 318 g/mol.